The third kappa shape index (κ3) is 3.30. The van der Waals surface area contributed by atoms with Crippen LogP contribution in [0.5, 0.6) is 0 Å². The SMILES string of the molecule is CCCc1nc(NN)c(C)c(NCc2c(C)noc2C)n1. The van der Waals surface area contributed by atoms with E-state index in [0.717, 1.165) is 47.1 Å². The molecule has 2 aromatic heterocycles. The van der Waals surface area contributed by atoms with Gasteiger partial charge < -0.3 is 15.3 Å². The largest absolute Gasteiger partial charge is 0.365 e. The number of aromatic nitrogens is 3. The molecule has 0 unspecified atom stereocenters. The van der Waals surface area contributed by atoms with Crippen LogP contribution in [0.3, 0.4) is 0 Å². The van der Waals surface area contributed by atoms with Crippen LogP contribution >= 0.6 is 0 Å². The zero-order valence-corrected chi connectivity index (χ0v) is 12.9. The molecule has 0 aliphatic heterocycles. The Morgan fingerprint density at radius 2 is 1.86 bits per heavy atom. The number of nitrogens with zero attached hydrogens (tertiary/aromatic N) is 3. The van der Waals surface area contributed by atoms with Gasteiger partial charge in [-0.15, -0.1) is 0 Å². The van der Waals surface area contributed by atoms with Crippen LogP contribution in [0.25, 0.3) is 0 Å². The van der Waals surface area contributed by atoms with Crippen molar-refractivity contribution in [3.8, 4) is 0 Å². The van der Waals surface area contributed by atoms with E-state index in [9.17, 15) is 0 Å². The summed E-state index contributed by atoms with van der Waals surface area (Å²) in [5.41, 5.74) is 5.46. The monoisotopic (exact) mass is 290 g/mol. The predicted octanol–water partition coefficient (Wildman–Crippen LogP) is 2.24. The van der Waals surface area contributed by atoms with E-state index in [1.165, 1.54) is 0 Å². The highest BCUT2D eigenvalue weighted by molar-refractivity contribution is 5.57. The van der Waals surface area contributed by atoms with Crippen LogP contribution in [-0.4, -0.2) is 15.1 Å². The second-order valence-electron chi connectivity index (χ2n) is 5.01. The summed E-state index contributed by atoms with van der Waals surface area (Å²) >= 11 is 0. The van der Waals surface area contributed by atoms with Crippen LogP contribution in [0.15, 0.2) is 4.52 Å². The minimum Gasteiger partial charge on any atom is -0.365 e. The van der Waals surface area contributed by atoms with Crippen molar-refractivity contribution < 1.29 is 4.52 Å². The minimum absolute atomic E-state index is 0.606. The van der Waals surface area contributed by atoms with Crippen LogP contribution in [0.4, 0.5) is 11.6 Å². The smallest absolute Gasteiger partial charge is 0.148 e. The number of aryl methyl sites for hydroxylation is 3. The Morgan fingerprint density at radius 1 is 1.14 bits per heavy atom. The van der Waals surface area contributed by atoms with Crippen LogP contribution in [0, 0.1) is 20.8 Å². The van der Waals surface area contributed by atoms with Crippen LogP contribution < -0.4 is 16.6 Å². The van der Waals surface area contributed by atoms with Gasteiger partial charge in [0, 0.05) is 24.1 Å². The van der Waals surface area contributed by atoms with Crippen LogP contribution in [-0.2, 0) is 13.0 Å². The first-order chi connectivity index (χ1) is 10.1. The Balaban J connectivity index is 2.24. The third-order valence-corrected chi connectivity index (χ3v) is 3.42. The van der Waals surface area contributed by atoms with E-state index >= 15 is 0 Å². The number of nitrogens with one attached hydrogen (secondary N) is 2. The summed E-state index contributed by atoms with van der Waals surface area (Å²) in [6.07, 6.45) is 1.80. The van der Waals surface area contributed by atoms with E-state index in [-0.39, 0.29) is 0 Å². The zero-order valence-electron chi connectivity index (χ0n) is 12.9. The molecule has 7 heteroatoms. The number of anilines is 2. The Morgan fingerprint density at radius 3 is 2.43 bits per heavy atom. The van der Waals surface area contributed by atoms with Crippen molar-refractivity contribution in [1.82, 2.24) is 15.1 Å². The normalized spacial score (nSPS) is 10.7. The molecule has 0 aromatic carbocycles. The summed E-state index contributed by atoms with van der Waals surface area (Å²) in [4.78, 5) is 8.96. The molecule has 2 heterocycles. The molecule has 0 saturated carbocycles. The lowest BCUT2D eigenvalue weighted by Gasteiger charge is -2.13. The molecule has 0 spiro atoms. The van der Waals surface area contributed by atoms with E-state index in [0.29, 0.717) is 12.4 Å². The first-order valence-electron chi connectivity index (χ1n) is 7.06. The van der Waals surface area contributed by atoms with Gasteiger partial charge in [-0.3, -0.25) is 0 Å². The standard InChI is InChI=1S/C14H22N6O/c1-5-6-12-17-13(8(2)14(18-12)19-15)16-7-11-9(3)20-21-10(11)4/h5-7,15H2,1-4H3,(H2,16,17,18,19). The van der Waals surface area contributed by atoms with Gasteiger partial charge in [-0.1, -0.05) is 12.1 Å². The molecule has 2 rings (SSSR count). The van der Waals surface area contributed by atoms with Crippen molar-refractivity contribution in [2.45, 2.75) is 47.1 Å². The molecule has 0 aliphatic carbocycles. The summed E-state index contributed by atoms with van der Waals surface area (Å²) in [7, 11) is 0. The molecule has 21 heavy (non-hydrogen) atoms. The Labute approximate surface area is 124 Å². The number of nitrogen functional groups attached to an aromatic ring is 1. The predicted molar refractivity (Wildman–Crippen MR) is 81.9 cm³/mol. The van der Waals surface area contributed by atoms with Gasteiger partial charge in [-0.05, 0) is 27.2 Å². The maximum Gasteiger partial charge on any atom is 0.148 e. The van der Waals surface area contributed by atoms with Gasteiger partial charge in [0.15, 0.2) is 0 Å². The van der Waals surface area contributed by atoms with Gasteiger partial charge in [0.2, 0.25) is 0 Å². The highest BCUT2D eigenvalue weighted by Gasteiger charge is 2.13. The first-order valence-corrected chi connectivity index (χ1v) is 7.06. The van der Waals surface area contributed by atoms with Crippen molar-refractivity contribution in [1.29, 1.82) is 0 Å². The molecule has 7 nitrogen and oxygen atoms in total. The fraction of sp³-hybridized carbons (Fsp3) is 0.500. The lowest BCUT2D eigenvalue weighted by Crippen LogP contribution is -2.15. The lowest BCUT2D eigenvalue weighted by atomic mass is 10.2. The molecule has 0 saturated heterocycles. The summed E-state index contributed by atoms with van der Waals surface area (Å²) in [5, 5.41) is 7.28. The Bertz CT molecular complexity index is 603. The number of hydrazine groups is 1. The lowest BCUT2D eigenvalue weighted by molar-refractivity contribution is 0.392. The number of hydrogen-bond acceptors (Lipinski definition) is 7. The second-order valence-corrected chi connectivity index (χ2v) is 5.01. The molecule has 2 aromatic rings. The van der Waals surface area contributed by atoms with E-state index in [1.54, 1.807) is 0 Å². The molecule has 0 amide bonds. The van der Waals surface area contributed by atoms with E-state index in [4.69, 9.17) is 10.4 Å². The first kappa shape index (κ1) is 15.2. The fourth-order valence-corrected chi connectivity index (χ4v) is 2.14. The van der Waals surface area contributed by atoms with E-state index < -0.39 is 0 Å². The molecular formula is C14H22N6O. The molecule has 0 atom stereocenters. The van der Waals surface area contributed by atoms with Crippen molar-refractivity contribution in [2.75, 3.05) is 10.7 Å². The maximum atomic E-state index is 5.53. The molecule has 0 aliphatic rings. The summed E-state index contributed by atoms with van der Waals surface area (Å²) in [6.45, 7) is 8.46. The Kier molecular flexibility index (Phi) is 4.74. The van der Waals surface area contributed by atoms with Crippen LogP contribution in [0.1, 0.15) is 41.8 Å². The summed E-state index contributed by atoms with van der Waals surface area (Å²) in [6, 6.07) is 0. The maximum absolute atomic E-state index is 5.53. The average molecular weight is 290 g/mol. The van der Waals surface area contributed by atoms with Crippen molar-refractivity contribution in [3.63, 3.8) is 0 Å². The number of hydrogen-bond donors (Lipinski definition) is 3. The molecule has 0 radical (unpaired) electrons. The molecular weight excluding hydrogens is 268 g/mol. The third-order valence-electron chi connectivity index (χ3n) is 3.42. The fourth-order valence-electron chi connectivity index (χ4n) is 2.14. The van der Waals surface area contributed by atoms with Crippen molar-refractivity contribution in [2.24, 2.45) is 5.84 Å². The summed E-state index contributed by atoms with van der Waals surface area (Å²) in [5.74, 6) is 8.55. The molecule has 0 fully saturated rings. The Hall–Kier alpha value is -2.15. The summed E-state index contributed by atoms with van der Waals surface area (Å²) < 4.78 is 5.17. The minimum atomic E-state index is 0.606. The quantitative estimate of drug-likeness (QED) is 0.554. The zero-order chi connectivity index (χ0) is 15.4. The van der Waals surface area contributed by atoms with E-state index in [1.807, 2.05) is 20.8 Å². The van der Waals surface area contributed by atoms with Crippen molar-refractivity contribution in [3.05, 3.63) is 28.4 Å². The second kappa shape index (κ2) is 6.53. The molecule has 0 bridgehead atoms. The molecule has 114 valence electrons. The highest BCUT2D eigenvalue weighted by atomic mass is 16.5. The highest BCUT2D eigenvalue weighted by Crippen LogP contribution is 2.21. The number of rotatable bonds is 6. The molecule has 4 N–H and O–H groups in total. The van der Waals surface area contributed by atoms with Gasteiger partial charge in [-0.25, -0.2) is 15.8 Å². The van der Waals surface area contributed by atoms with Gasteiger partial charge in [0.05, 0.1) is 5.69 Å². The number of nitrogens with two attached hydrogens (primary N) is 1. The van der Waals surface area contributed by atoms with Crippen molar-refractivity contribution >= 4 is 11.6 Å². The van der Waals surface area contributed by atoms with Gasteiger partial charge in [0.25, 0.3) is 0 Å². The van der Waals surface area contributed by atoms with Gasteiger partial charge in [0.1, 0.15) is 23.2 Å². The van der Waals surface area contributed by atoms with Crippen LogP contribution in [0.2, 0.25) is 0 Å². The topological polar surface area (TPSA) is 102 Å². The average Bonchev–Trinajstić information content (AvgIpc) is 2.78. The van der Waals surface area contributed by atoms with E-state index in [2.05, 4.69) is 32.8 Å². The van der Waals surface area contributed by atoms with Gasteiger partial charge >= 0.3 is 0 Å². The van der Waals surface area contributed by atoms with Gasteiger partial charge in [-0.2, -0.15) is 0 Å².